The molecular formula is C15H23NO2. The Morgan fingerprint density at radius 3 is 2.61 bits per heavy atom. The second-order valence-electron chi connectivity index (χ2n) is 4.57. The van der Waals surface area contributed by atoms with E-state index in [0.717, 1.165) is 18.4 Å². The number of pyridine rings is 1. The van der Waals surface area contributed by atoms with Gasteiger partial charge in [-0.05, 0) is 25.5 Å². The standard InChI is InChI=1S/C15H23NO2/c1-3-4-5-6-7-8-11-18-15-10-9-13(2)16-14(15)12-17/h9-10,12H,3-8,11H2,1-2H3. The first-order valence-corrected chi connectivity index (χ1v) is 6.83. The molecule has 18 heavy (non-hydrogen) atoms. The summed E-state index contributed by atoms with van der Waals surface area (Å²) >= 11 is 0. The van der Waals surface area contributed by atoms with Gasteiger partial charge in [0.05, 0.1) is 6.61 Å². The lowest BCUT2D eigenvalue weighted by Gasteiger charge is -2.08. The van der Waals surface area contributed by atoms with E-state index in [1.54, 1.807) is 0 Å². The topological polar surface area (TPSA) is 39.2 Å². The summed E-state index contributed by atoms with van der Waals surface area (Å²) in [5.41, 5.74) is 1.24. The van der Waals surface area contributed by atoms with Gasteiger partial charge in [0, 0.05) is 5.69 Å². The van der Waals surface area contributed by atoms with Gasteiger partial charge < -0.3 is 4.74 Å². The average Bonchev–Trinajstić information content (AvgIpc) is 2.39. The molecule has 3 nitrogen and oxygen atoms in total. The molecule has 3 heteroatoms. The Kier molecular flexibility index (Phi) is 7.07. The zero-order chi connectivity index (χ0) is 13.2. The summed E-state index contributed by atoms with van der Waals surface area (Å²) in [4.78, 5) is 15.0. The fraction of sp³-hybridized carbons (Fsp3) is 0.600. The Bertz CT molecular complexity index is 364. The van der Waals surface area contributed by atoms with Crippen LogP contribution in [0.5, 0.6) is 5.75 Å². The predicted octanol–water partition coefficient (Wildman–Crippen LogP) is 3.94. The quantitative estimate of drug-likeness (QED) is 0.491. The highest BCUT2D eigenvalue weighted by Crippen LogP contribution is 2.15. The highest BCUT2D eigenvalue weighted by molar-refractivity contribution is 5.76. The Hall–Kier alpha value is -1.38. The second kappa shape index (κ2) is 8.67. The molecule has 0 bridgehead atoms. The molecule has 1 aromatic rings. The SMILES string of the molecule is CCCCCCCCOc1ccc(C)nc1C=O. The molecule has 0 saturated carbocycles. The zero-order valence-electron chi connectivity index (χ0n) is 11.4. The number of aryl methyl sites for hydroxylation is 1. The normalized spacial score (nSPS) is 10.3. The summed E-state index contributed by atoms with van der Waals surface area (Å²) in [6, 6.07) is 3.69. The highest BCUT2D eigenvalue weighted by Gasteiger charge is 2.04. The van der Waals surface area contributed by atoms with E-state index in [-0.39, 0.29) is 0 Å². The fourth-order valence-electron chi connectivity index (χ4n) is 1.84. The molecule has 0 N–H and O–H groups in total. The van der Waals surface area contributed by atoms with Gasteiger partial charge in [0.1, 0.15) is 11.4 Å². The number of hydrogen-bond acceptors (Lipinski definition) is 3. The number of nitrogens with zero attached hydrogens (tertiary/aromatic N) is 1. The molecule has 1 rings (SSSR count). The van der Waals surface area contributed by atoms with Crippen LogP contribution in [0.1, 0.15) is 61.6 Å². The molecular weight excluding hydrogens is 226 g/mol. The van der Waals surface area contributed by atoms with Gasteiger partial charge in [-0.2, -0.15) is 0 Å². The molecule has 0 unspecified atom stereocenters. The summed E-state index contributed by atoms with van der Waals surface area (Å²) in [5, 5.41) is 0. The first-order chi connectivity index (χ1) is 8.77. The number of ether oxygens (including phenoxy) is 1. The molecule has 0 amide bonds. The highest BCUT2D eigenvalue weighted by atomic mass is 16.5. The van der Waals surface area contributed by atoms with E-state index < -0.39 is 0 Å². The summed E-state index contributed by atoms with van der Waals surface area (Å²) < 4.78 is 5.60. The van der Waals surface area contributed by atoms with Crippen molar-refractivity contribution in [3.63, 3.8) is 0 Å². The van der Waals surface area contributed by atoms with Crippen LogP contribution in [0.15, 0.2) is 12.1 Å². The van der Waals surface area contributed by atoms with Crippen molar-refractivity contribution in [2.45, 2.75) is 52.4 Å². The number of unbranched alkanes of at least 4 members (excludes halogenated alkanes) is 5. The fourth-order valence-corrected chi connectivity index (χ4v) is 1.84. The molecule has 0 spiro atoms. The number of aldehydes is 1. The van der Waals surface area contributed by atoms with Crippen molar-refractivity contribution in [3.8, 4) is 5.75 Å². The minimum absolute atomic E-state index is 0.404. The Balaban J connectivity index is 2.25. The molecule has 0 fully saturated rings. The zero-order valence-corrected chi connectivity index (χ0v) is 11.4. The molecule has 100 valence electrons. The summed E-state index contributed by atoms with van der Waals surface area (Å²) in [6.07, 6.45) is 8.15. The van der Waals surface area contributed by atoms with Gasteiger partial charge in [-0.25, -0.2) is 4.98 Å². The molecule has 0 aliphatic heterocycles. The smallest absolute Gasteiger partial charge is 0.172 e. The number of aromatic nitrogens is 1. The van der Waals surface area contributed by atoms with E-state index in [4.69, 9.17) is 4.74 Å². The molecule has 0 aliphatic carbocycles. The van der Waals surface area contributed by atoms with Gasteiger partial charge >= 0.3 is 0 Å². The van der Waals surface area contributed by atoms with E-state index in [1.807, 2.05) is 19.1 Å². The van der Waals surface area contributed by atoms with Crippen molar-refractivity contribution < 1.29 is 9.53 Å². The van der Waals surface area contributed by atoms with Gasteiger partial charge in [-0.3, -0.25) is 4.79 Å². The van der Waals surface area contributed by atoms with Gasteiger partial charge in [-0.1, -0.05) is 39.0 Å². The first-order valence-electron chi connectivity index (χ1n) is 6.83. The van der Waals surface area contributed by atoms with E-state index >= 15 is 0 Å². The average molecular weight is 249 g/mol. The van der Waals surface area contributed by atoms with Crippen LogP contribution in [-0.2, 0) is 0 Å². The molecule has 0 saturated heterocycles. The van der Waals surface area contributed by atoms with Crippen LogP contribution in [0, 0.1) is 6.92 Å². The van der Waals surface area contributed by atoms with Gasteiger partial charge in [0.15, 0.2) is 6.29 Å². The minimum atomic E-state index is 0.404. The number of carbonyl (C=O) groups excluding carboxylic acids is 1. The lowest BCUT2D eigenvalue weighted by molar-refractivity contribution is 0.111. The third-order valence-corrected chi connectivity index (χ3v) is 2.89. The third-order valence-electron chi connectivity index (χ3n) is 2.89. The first kappa shape index (κ1) is 14.7. The number of rotatable bonds is 9. The molecule has 0 radical (unpaired) electrons. The van der Waals surface area contributed by atoms with Crippen LogP contribution in [-0.4, -0.2) is 17.9 Å². The maximum atomic E-state index is 10.8. The van der Waals surface area contributed by atoms with Crippen LogP contribution >= 0.6 is 0 Å². The van der Waals surface area contributed by atoms with Crippen molar-refractivity contribution in [1.29, 1.82) is 0 Å². The summed E-state index contributed by atoms with van der Waals surface area (Å²) in [5.74, 6) is 0.601. The van der Waals surface area contributed by atoms with Gasteiger partial charge in [0.25, 0.3) is 0 Å². The van der Waals surface area contributed by atoms with Gasteiger partial charge in [-0.15, -0.1) is 0 Å². The van der Waals surface area contributed by atoms with E-state index in [9.17, 15) is 4.79 Å². The van der Waals surface area contributed by atoms with E-state index in [0.29, 0.717) is 18.1 Å². The Morgan fingerprint density at radius 2 is 1.89 bits per heavy atom. The number of carbonyl (C=O) groups is 1. The van der Waals surface area contributed by atoms with Crippen molar-refractivity contribution in [2.24, 2.45) is 0 Å². The minimum Gasteiger partial charge on any atom is -0.491 e. The molecule has 0 aliphatic rings. The summed E-state index contributed by atoms with van der Waals surface area (Å²) in [7, 11) is 0. The maximum Gasteiger partial charge on any atom is 0.172 e. The van der Waals surface area contributed by atoms with Crippen molar-refractivity contribution in [2.75, 3.05) is 6.61 Å². The second-order valence-corrected chi connectivity index (χ2v) is 4.57. The predicted molar refractivity (Wildman–Crippen MR) is 73.2 cm³/mol. The molecule has 0 atom stereocenters. The van der Waals surface area contributed by atoms with Crippen LogP contribution < -0.4 is 4.74 Å². The van der Waals surface area contributed by atoms with Crippen LogP contribution in [0.2, 0.25) is 0 Å². The Morgan fingerprint density at radius 1 is 1.17 bits per heavy atom. The van der Waals surface area contributed by atoms with E-state index in [2.05, 4.69) is 11.9 Å². The summed E-state index contributed by atoms with van der Waals surface area (Å²) in [6.45, 7) is 4.75. The lowest BCUT2D eigenvalue weighted by Crippen LogP contribution is -2.02. The number of hydrogen-bond donors (Lipinski definition) is 0. The monoisotopic (exact) mass is 249 g/mol. The van der Waals surface area contributed by atoms with Crippen LogP contribution in [0.3, 0.4) is 0 Å². The van der Waals surface area contributed by atoms with Gasteiger partial charge in [0.2, 0.25) is 0 Å². The molecule has 1 heterocycles. The third kappa shape index (κ3) is 5.30. The van der Waals surface area contributed by atoms with Crippen LogP contribution in [0.25, 0.3) is 0 Å². The van der Waals surface area contributed by atoms with Crippen LogP contribution in [0.4, 0.5) is 0 Å². The van der Waals surface area contributed by atoms with Crippen molar-refractivity contribution >= 4 is 6.29 Å². The largest absolute Gasteiger partial charge is 0.491 e. The van der Waals surface area contributed by atoms with Crippen molar-refractivity contribution in [3.05, 3.63) is 23.5 Å². The molecule has 0 aromatic carbocycles. The maximum absolute atomic E-state index is 10.8. The van der Waals surface area contributed by atoms with Crippen molar-refractivity contribution in [1.82, 2.24) is 4.98 Å². The molecule has 1 aromatic heterocycles. The van der Waals surface area contributed by atoms with E-state index in [1.165, 1.54) is 32.1 Å². The lowest BCUT2D eigenvalue weighted by atomic mass is 10.1. The Labute approximate surface area is 110 Å².